The van der Waals surface area contributed by atoms with Gasteiger partial charge in [0.1, 0.15) is 18.2 Å². The molecule has 1 aliphatic rings. The molecule has 0 radical (unpaired) electrons. The molecule has 0 saturated carbocycles. The lowest BCUT2D eigenvalue weighted by molar-refractivity contribution is -0.140. The first kappa shape index (κ1) is 18.7. The average Bonchev–Trinajstić information content (AvgIpc) is 3.46. The van der Waals surface area contributed by atoms with Gasteiger partial charge in [0.2, 0.25) is 0 Å². The molecule has 1 N–H and O–H groups in total. The van der Waals surface area contributed by atoms with E-state index in [4.69, 9.17) is 0 Å². The van der Waals surface area contributed by atoms with E-state index in [1.54, 1.807) is 18.7 Å². The number of H-pyrrole nitrogens is 1. The highest BCUT2D eigenvalue weighted by Crippen LogP contribution is 2.27. The number of rotatable bonds is 3. The average molecular weight is 468 g/mol. The molecule has 0 atom stereocenters. The monoisotopic (exact) mass is 467 g/mol. The predicted molar refractivity (Wildman–Crippen MR) is 113 cm³/mol. The van der Waals surface area contributed by atoms with E-state index >= 15 is 0 Å². The molecule has 0 unspecified atom stereocenters. The third-order valence-corrected chi connectivity index (χ3v) is 5.91. The second kappa shape index (κ2) is 6.63. The smallest absolute Gasteiger partial charge is 0.278 e. The number of amides is 1. The number of carbonyl (C=O) groups is 1. The Kier molecular flexibility index (Phi) is 4.14. The van der Waals surface area contributed by atoms with Gasteiger partial charge in [0.05, 0.1) is 30.0 Å². The summed E-state index contributed by atoms with van der Waals surface area (Å²) >= 11 is 3.47. The van der Waals surface area contributed by atoms with Gasteiger partial charge in [-0.15, -0.1) is 0 Å². The third-order valence-electron chi connectivity index (χ3n) is 5.42. The molecule has 10 heteroatoms. The zero-order chi connectivity index (χ0) is 21.0. The van der Waals surface area contributed by atoms with E-state index in [1.807, 2.05) is 30.3 Å². The Morgan fingerprint density at radius 2 is 2.07 bits per heavy atom. The van der Waals surface area contributed by atoms with Gasteiger partial charge in [-0.1, -0.05) is 28.1 Å². The van der Waals surface area contributed by atoms with Gasteiger partial charge in [-0.2, -0.15) is 5.10 Å². The minimum atomic E-state index is -0.913. The van der Waals surface area contributed by atoms with E-state index in [1.165, 1.54) is 21.9 Å². The maximum atomic E-state index is 13.1. The van der Waals surface area contributed by atoms with Crippen molar-refractivity contribution in [3.05, 3.63) is 69.1 Å². The third kappa shape index (κ3) is 2.86. The molecule has 0 bridgehead atoms. The number of nitrogens with one attached hydrogen (secondary N) is 1. The minimum absolute atomic E-state index is 0.145. The van der Waals surface area contributed by atoms with Crippen LogP contribution in [0.15, 0.2) is 52.3 Å². The maximum Gasteiger partial charge on any atom is 0.278 e. The van der Waals surface area contributed by atoms with Crippen LogP contribution in [0.5, 0.6) is 0 Å². The van der Waals surface area contributed by atoms with Crippen LogP contribution in [0, 0.1) is 0 Å². The van der Waals surface area contributed by atoms with Gasteiger partial charge in [-0.25, -0.2) is 19.2 Å². The molecule has 0 spiro atoms. The number of benzene rings is 1. The molecule has 1 aromatic carbocycles. The normalized spacial score (nSPS) is 13.8. The number of nitrogens with zero attached hydrogens (tertiary/aromatic N) is 6. The Bertz CT molecular complexity index is 1340. The number of aromatic amines is 1. The summed E-state index contributed by atoms with van der Waals surface area (Å²) in [4.78, 5) is 36.4. The molecule has 0 fully saturated rings. The lowest BCUT2D eigenvalue weighted by Gasteiger charge is -2.28. The van der Waals surface area contributed by atoms with Crippen LogP contribution in [0.1, 0.15) is 25.1 Å². The zero-order valence-corrected chi connectivity index (χ0v) is 17.9. The van der Waals surface area contributed by atoms with E-state index in [-0.39, 0.29) is 24.6 Å². The topological polar surface area (TPSA) is 101 Å². The molecule has 4 heterocycles. The lowest BCUT2D eigenvalue weighted by atomic mass is 10.0. The van der Waals surface area contributed by atoms with Crippen LogP contribution >= 0.6 is 15.9 Å². The van der Waals surface area contributed by atoms with Crippen LogP contribution in [0.4, 0.5) is 0 Å². The fraction of sp³-hybridized carbons (Fsp3) is 0.250. The van der Waals surface area contributed by atoms with Gasteiger partial charge < -0.3 is 4.90 Å². The minimum Gasteiger partial charge on any atom is -0.330 e. The van der Waals surface area contributed by atoms with Crippen molar-refractivity contribution in [1.29, 1.82) is 0 Å². The number of fused-ring (bicyclic) bond motifs is 2. The van der Waals surface area contributed by atoms with Crippen LogP contribution in [0.2, 0.25) is 0 Å². The van der Waals surface area contributed by atoms with E-state index in [0.717, 1.165) is 15.7 Å². The second-order valence-electron chi connectivity index (χ2n) is 7.78. The number of aromatic nitrogens is 6. The first-order valence-corrected chi connectivity index (χ1v) is 10.2. The summed E-state index contributed by atoms with van der Waals surface area (Å²) in [6.45, 7) is 4.06. The summed E-state index contributed by atoms with van der Waals surface area (Å²) < 4.78 is 3.91. The first-order valence-electron chi connectivity index (χ1n) is 9.38. The second-order valence-corrected chi connectivity index (χ2v) is 8.69. The summed E-state index contributed by atoms with van der Waals surface area (Å²) in [7, 11) is 0. The summed E-state index contributed by atoms with van der Waals surface area (Å²) in [5.74, 6) is -0.145. The van der Waals surface area contributed by atoms with Crippen LogP contribution < -0.4 is 5.56 Å². The molecule has 1 aliphatic heterocycles. The van der Waals surface area contributed by atoms with Crippen molar-refractivity contribution in [2.75, 3.05) is 0 Å². The number of halogens is 1. The molecule has 5 rings (SSSR count). The van der Waals surface area contributed by atoms with Crippen LogP contribution in [-0.4, -0.2) is 40.2 Å². The van der Waals surface area contributed by atoms with Crippen molar-refractivity contribution >= 4 is 27.5 Å². The Balaban J connectivity index is 1.49. The lowest BCUT2D eigenvalue weighted by Crippen LogP contribution is -2.45. The molecule has 0 saturated heterocycles. The highest BCUT2D eigenvalue weighted by molar-refractivity contribution is 9.10. The Morgan fingerprint density at radius 3 is 2.80 bits per heavy atom. The van der Waals surface area contributed by atoms with Gasteiger partial charge >= 0.3 is 0 Å². The Morgan fingerprint density at radius 1 is 1.23 bits per heavy atom. The summed E-state index contributed by atoms with van der Waals surface area (Å²) in [5.41, 5.74) is 2.32. The SMILES string of the molecule is CC(C)(C(=O)N1Cc2nc3cc(-c4cccc(Br)c4)[nH]n3c(=O)c2C1)n1cncn1. The van der Waals surface area contributed by atoms with Crippen LogP contribution in [-0.2, 0) is 23.4 Å². The van der Waals surface area contributed by atoms with Crippen molar-refractivity contribution < 1.29 is 4.79 Å². The van der Waals surface area contributed by atoms with Crippen molar-refractivity contribution in [2.45, 2.75) is 32.5 Å². The van der Waals surface area contributed by atoms with E-state index < -0.39 is 5.54 Å². The number of hydrogen-bond donors (Lipinski definition) is 1. The fourth-order valence-corrected chi connectivity index (χ4v) is 4.15. The molecule has 30 heavy (non-hydrogen) atoms. The molecule has 9 nitrogen and oxygen atoms in total. The van der Waals surface area contributed by atoms with Crippen molar-refractivity contribution in [2.24, 2.45) is 0 Å². The molecule has 152 valence electrons. The van der Waals surface area contributed by atoms with E-state index in [9.17, 15) is 9.59 Å². The Hall–Kier alpha value is -3.27. The van der Waals surface area contributed by atoms with Crippen molar-refractivity contribution in [3.8, 4) is 11.3 Å². The molecular weight excluding hydrogens is 450 g/mol. The van der Waals surface area contributed by atoms with Crippen molar-refractivity contribution in [3.63, 3.8) is 0 Å². The molecule has 3 aromatic heterocycles. The quantitative estimate of drug-likeness (QED) is 0.498. The largest absolute Gasteiger partial charge is 0.330 e. The zero-order valence-electron chi connectivity index (χ0n) is 16.3. The number of carbonyl (C=O) groups excluding carboxylic acids is 1. The highest BCUT2D eigenvalue weighted by atomic mass is 79.9. The molecule has 1 amide bonds. The van der Waals surface area contributed by atoms with Gasteiger partial charge in [0.15, 0.2) is 5.65 Å². The first-order chi connectivity index (χ1) is 14.3. The predicted octanol–water partition coefficient (Wildman–Crippen LogP) is 2.32. The summed E-state index contributed by atoms with van der Waals surface area (Å²) in [6, 6.07) is 9.64. The highest BCUT2D eigenvalue weighted by Gasteiger charge is 2.38. The molecule has 4 aromatic rings. The summed E-state index contributed by atoms with van der Waals surface area (Å²) in [5, 5.41) is 7.23. The fourth-order valence-electron chi connectivity index (χ4n) is 3.75. The van der Waals surface area contributed by atoms with E-state index in [0.29, 0.717) is 16.9 Å². The van der Waals surface area contributed by atoms with Gasteiger partial charge in [0.25, 0.3) is 11.5 Å². The van der Waals surface area contributed by atoms with Crippen LogP contribution in [0.25, 0.3) is 16.9 Å². The van der Waals surface area contributed by atoms with E-state index in [2.05, 4.69) is 36.1 Å². The van der Waals surface area contributed by atoms with Gasteiger partial charge in [-0.05, 0) is 26.0 Å². The van der Waals surface area contributed by atoms with Crippen LogP contribution in [0.3, 0.4) is 0 Å². The summed E-state index contributed by atoms with van der Waals surface area (Å²) in [6.07, 6.45) is 2.91. The van der Waals surface area contributed by atoms with Crippen molar-refractivity contribution in [1.82, 2.24) is 34.3 Å². The Labute approximate surface area is 179 Å². The van der Waals surface area contributed by atoms with Gasteiger partial charge in [0, 0.05) is 16.1 Å². The van der Waals surface area contributed by atoms with Gasteiger partial charge in [-0.3, -0.25) is 14.7 Å². The standard InChI is InChI=1S/C20H18BrN7O2/c1-20(2,27-11-22-10-23-27)19(30)26-8-14-16(9-26)24-17-7-15(25-28(17)18(14)29)12-4-3-5-13(21)6-12/h3-7,10-11,25H,8-9H2,1-2H3. The molecule has 0 aliphatic carbocycles. The molecular formula is C20H18BrN7O2. The number of hydrogen-bond acceptors (Lipinski definition) is 5. The maximum absolute atomic E-state index is 13.1.